The number of nitrogens with one attached hydrogen (secondary N) is 1. The van der Waals surface area contributed by atoms with E-state index in [1.807, 2.05) is 0 Å². The number of H-pyrrole nitrogens is 1. The molecule has 0 unspecified atom stereocenters. The van der Waals surface area contributed by atoms with Gasteiger partial charge in [0.25, 0.3) is 5.56 Å². The quantitative estimate of drug-likeness (QED) is 0.616. The van der Waals surface area contributed by atoms with Crippen molar-refractivity contribution in [3.05, 3.63) is 33.1 Å². The number of aliphatic hydroxyl groups excluding tert-OH is 1. The lowest BCUT2D eigenvalue weighted by molar-refractivity contribution is -0.0600. The number of fused-ring (bicyclic) bond motifs is 1. The molecule has 0 amide bonds. The van der Waals surface area contributed by atoms with Gasteiger partial charge < -0.3 is 22.8 Å². The molecule has 0 bridgehead atoms. The van der Waals surface area contributed by atoms with Gasteiger partial charge in [0.05, 0.1) is 6.61 Å². The number of ether oxygens (including phenoxy) is 1. The summed E-state index contributed by atoms with van der Waals surface area (Å²) < 4.78 is 27.9. The molecule has 4 atom stereocenters. The Morgan fingerprint density at radius 1 is 1.00 bits per heavy atom. The van der Waals surface area contributed by atoms with Gasteiger partial charge in [0, 0.05) is 12.3 Å². The molecule has 2 saturated heterocycles. The SMILES string of the molecule is CC(C)[Si]1(C(C)C)OC[C@H]2O[C@@H](n3ccc(=O)[nH]c3=O)[C@H](O)[C@@H]2O[Si](C(C)C)(C(C)C)O1. The molecule has 1 aromatic rings. The Morgan fingerprint density at radius 2 is 1.56 bits per heavy atom. The largest absolute Gasteiger partial charge is 0.414 e. The van der Waals surface area contributed by atoms with E-state index in [4.69, 9.17) is 17.7 Å². The zero-order chi connectivity index (χ0) is 24.0. The Morgan fingerprint density at radius 3 is 2.06 bits per heavy atom. The van der Waals surface area contributed by atoms with Crippen molar-refractivity contribution in [3.8, 4) is 0 Å². The highest BCUT2D eigenvalue weighted by atomic mass is 28.5. The highest BCUT2D eigenvalue weighted by molar-refractivity contribution is 6.83. The summed E-state index contributed by atoms with van der Waals surface area (Å²) in [5.74, 6) is 0. The topological polar surface area (TPSA) is 112 Å². The number of rotatable bonds is 5. The fourth-order valence-corrected chi connectivity index (χ4v) is 16.2. The molecule has 0 spiro atoms. The lowest BCUT2D eigenvalue weighted by Gasteiger charge is -2.51. The summed E-state index contributed by atoms with van der Waals surface area (Å²) in [6.45, 7) is 17.2. The van der Waals surface area contributed by atoms with Crippen LogP contribution in [0.25, 0.3) is 0 Å². The summed E-state index contributed by atoms with van der Waals surface area (Å²) in [5, 5.41) is 11.2. The molecule has 3 rings (SSSR count). The normalized spacial score (nSPS) is 30.0. The minimum atomic E-state index is -2.91. The Labute approximate surface area is 191 Å². The fraction of sp³-hybridized carbons (Fsp3) is 0.810. The van der Waals surface area contributed by atoms with E-state index in [9.17, 15) is 14.7 Å². The second kappa shape index (κ2) is 9.28. The van der Waals surface area contributed by atoms with Crippen LogP contribution in [-0.4, -0.2) is 56.7 Å². The van der Waals surface area contributed by atoms with Gasteiger partial charge in [-0.15, -0.1) is 0 Å². The molecule has 2 N–H and O–H groups in total. The molecular weight excluding hydrogens is 448 g/mol. The van der Waals surface area contributed by atoms with Crippen LogP contribution in [0.1, 0.15) is 61.6 Å². The first-order chi connectivity index (χ1) is 14.9. The number of hydrogen-bond acceptors (Lipinski definition) is 7. The predicted octanol–water partition coefficient (Wildman–Crippen LogP) is 2.75. The van der Waals surface area contributed by atoms with E-state index < -0.39 is 52.9 Å². The van der Waals surface area contributed by atoms with E-state index in [2.05, 4.69) is 60.4 Å². The first-order valence-electron chi connectivity index (χ1n) is 11.5. The molecule has 1 aromatic heterocycles. The van der Waals surface area contributed by atoms with Crippen LogP contribution in [0.15, 0.2) is 21.9 Å². The molecule has 2 aliphatic rings. The van der Waals surface area contributed by atoms with Crippen molar-refractivity contribution in [1.29, 1.82) is 0 Å². The third-order valence-corrected chi connectivity index (χ3v) is 17.0. The molecule has 0 radical (unpaired) electrons. The number of nitrogens with zero attached hydrogens (tertiary/aromatic N) is 1. The molecule has 3 heterocycles. The monoisotopic (exact) mass is 486 g/mol. The van der Waals surface area contributed by atoms with Gasteiger partial charge in [-0.2, -0.15) is 0 Å². The van der Waals surface area contributed by atoms with Gasteiger partial charge in [-0.05, 0) is 22.2 Å². The van der Waals surface area contributed by atoms with Crippen LogP contribution in [0.3, 0.4) is 0 Å². The molecule has 0 aliphatic carbocycles. The van der Waals surface area contributed by atoms with Crippen molar-refractivity contribution in [2.24, 2.45) is 0 Å². The molecule has 9 nitrogen and oxygen atoms in total. The molecule has 0 aromatic carbocycles. The second-order valence-electron chi connectivity index (χ2n) is 10.1. The Balaban J connectivity index is 2.08. The summed E-state index contributed by atoms with van der Waals surface area (Å²) in [5.41, 5.74) is -0.551. The predicted molar refractivity (Wildman–Crippen MR) is 125 cm³/mol. The van der Waals surface area contributed by atoms with Gasteiger partial charge in [0.1, 0.15) is 18.3 Å². The summed E-state index contributed by atoms with van der Waals surface area (Å²) in [4.78, 5) is 26.1. The van der Waals surface area contributed by atoms with E-state index in [0.717, 1.165) is 0 Å². The van der Waals surface area contributed by atoms with Crippen molar-refractivity contribution in [2.75, 3.05) is 6.61 Å². The van der Waals surface area contributed by atoms with Crippen LogP contribution in [-0.2, 0) is 17.7 Å². The number of hydrogen-bond donors (Lipinski definition) is 2. The van der Waals surface area contributed by atoms with Gasteiger partial charge in [-0.25, -0.2) is 4.79 Å². The van der Waals surface area contributed by atoms with E-state index in [0.29, 0.717) is 0 Å². The molecular formula is C21H38N2O7Si2. The Kier molecular flexibility index (Phi) is 7.40. The maximum absolute atomic E-state index is 12.4. The van der Waals surface area contributed by atoms with Gasteiger partial charge >= 0.3 is 22.8 Å². The van der Waals surface area contributed by atoms with Crippen molar-refractivity contribution in [3.63, 3.8) is 0 Å². The molecule has 182 valence electrons. The van der Waals surface area contributed by atoms with Gasteiger partial charge in [0.2, 0.25) is 0 Å². The second-order valence-corrected chi connectivity index (χ2v) is 19.0. The molecule has 2 fully saturated rings. The van der Waals surface area contributed by atoms with Gasteiger partial charge in [0.15, 0.2) is 6.23 Å². The molecule has 11 heteroatoms. The highest BCUT2D eigenvalue weighted by Crippen LogP contribution is 2.48. The lowest BCUT2D eigenvalue weighted by Crippen LogP contribution is -2.65. The first kappa shape index (κ1) is 25.5. The Bertz CT molecular complexity index is 898. The standard InChI is InChI=1S/C21H38N2O7Si2/c1-12(2)31(13(3)4)27-11-16-19(29-32(30-31,14(5)6)15(7)8)18(25)20(28-16)23-10-9-17(24)22-21(23)26/h9-10,12-16,18-20,25H,11H2,1-8H3,(H,22,24,26)/t16-,18-,19-,20-/m1/s1. The van der Waals surface area contributed by atoms with Crippen LogP contribution in [0.2, 0.25) is 22.2 Å². The molecule has 0 saturated carbocycles. The minimum Gasteiger partial charge on any atom is -0.414 e. The van der Waals surface area contributed by atoms with Crippen molar-refractivity contribution in [2.45, 2.75) is 102 Å². The van der Waals surface area contributed by atoms with Crippen LogP contribution in [0.4, 0.5) is 0 Å². The van der Waals surface area contributed by atoms with Crippen molar-refractivity contribution < 1.29 is 22.8 Å². The summed E-state index contributed by atoms with van der Waals surface area (Å²) in [6, 6.07) is 1.23. The highest BCUT2D eigenvalue weighted by Gasteiger charge is 2.61. The van der Waals surface area contributed by atoms with Crippen LogP contribution < -0.4 is 11.2 Å². The van der Waals surface area contributed by atoms with E-state index in [1.165, 1.54) is 16.8 Å². The van der Waals surface area contributed by atoms with Gasteiger partial charge in [-0.1, -0.05) is 55.4 Å². The maximum atomic E-state index is 12.4. The third kappa shape index (κ3) is 4.24. The summed E-state index contributed by atoms with van der Waals surface area (Å²) in [6.07, 6.45) is -2.04. The fourth-order valence-electron chi connectivity index (χ4n) is 4.99. The zero-order valence-corrected chi connectivity index (χ0v) is 22.3. The van der Waals surface area contributed by atoms with Crippen molar-refractivity contribution >= 4 is 17.1 Å². The molecule has 32 heavy (non-hydrogen) atoms. The van der Waals surface area contributed by atoms with Crippen LogP contribution in [0, 0.1) is 0 Å². The average Bonchev–Trinajstić information content (AvgIpc) is 2.96. The molecule has 2 aliphatic heterocycles. The number of aromatic nitrogens is 2. The number of aliphatic hydroxyl groups is 1. The number of aromatic amines is 1. The smallest absolute Gasteiger partial charge is 0.335 e. The minimum absolute atomic E-state index is 0.108. The van der Waals surface area contributed by atoms with E-state index in [1.54, 1.807) is 0 Å². The maximum Gasteiger partial charge on any atom is 0.335 e. The van der Waals surface area contributed by atoms with Crippen LogP contribution >= 0.6 is 0 Å². The van der Waals surface area contributed by atoms with Crippen LogP contribution in [0.5, 0.6) is 0 Å². The van der Waals surface area contributed by atoms with Gasteiger partial charge in [-0.3, -0.25) is 14.3 Å². The third-order valence-electron chi connectivity index (χ3n) is 6.77. The zero-order valence-electron chi connectivity index (χ0n) is 20.3. The first-order valence-corrected chi connectivity index (χ1v) is 15.5. The Hall–Kier alpha value is -1.09. The van der Waals surface area contributed by atoms with Crippen molar-refractivity contribution in [1.82, 2.24) is 9.55 Å². The summed E-state index contributed by atoms with van der Waals surface area (Å²) >= 11 is 0. The average molecular weight is 487 g/mol. The van der Waals surface area contributed by atoms with E-state index in [-0.39, 0.29) is 28.8 Å². The lowest BCUT2D eigenvalue weighted by atomic mass is 10.1. The summed E-state index contributed by atoms with van der Waals surface area (Å²) in [7, 11) is -5.63. The van der Waals surface area contributed by atoms with E-state index >= 15 is 0 Å².